The summed E-state index contributed by atoms with van der Waals surface area (Å²) in [6, 6.07) is 12.8. The first-order valence-corrected chi connectivity index (χ1v) is 9.01. The third kappa shape index (κ3) is 3.81. The van der Waals surface area contributed by atoms with Gasteiger partial charge in [0.2, 0.25) is 0 Å². The van der Waals surface area contributed by atoms with E-state index in [1.165, 1.54) is 12.1 Å². The SMILES string of the molecule is CCC(CC(C)C)c1ccc2cc(-c3ccncc3OC)ccc2n1. The van der Waals surface area contributed by atoms with E-state index in [0.29, 0.717) is 11.8 Å². The van der Waals surface area contributed by atoms with E-state index in [4.69, 9.17) is 9.72 Å². The Morgan fingerprint density at radius 3 is 2.64 bits per heavy atom. The molecule has 0 saturated carbocycles. The third-order valence-corrected chi connectivity index (χ3v) is 4.69. The van der Waals surface area contributed by atoms with Crippen molar-refractivity contribution in [1.82, 2.24) is 9.97 Å². The number of aromatic nitrogens is 2. The van der Waals surface area contributed by atoms with E-state index in [9.17, 15) is 0 Å². The van der Waals surface area contributed by atoms with E-state index in [1.807, 2.05) is 6.07 Å². The molecule has 0 aliphatic carbocycles. The summed E-state index contributed by atoms with van der Waals surface area (Å²) in [6.45, 7) is 6.80. The summed E-state index contributed by atoms with van der Waals surface area (Å²) in [4.78, 5) is 9.06. The first kappa shape index (κ1) is 17.4. The fourth-order valence-electron chi connectivity index (χ4n) is 3.38. The molecule has 0 bridgehead atoms. The number of pyridine rings is 2. The van der Waals surface area contributed by atoms with Crippen molar-refractivity contribution in [1.29, 1.82) is 0 Å². The molecule has 3 nitrogen and oxygen atoms in total. The standard InChI is InChI=1S/C22H26N2O/c1-5-16(12-15(2)3)20-9-7-18-13-17(6-8-21(18)24-20)19-10-11-23-14-22(19)25-4/h6-11,13-16H,5,12H2,1-4H3. The Bertz CT molecular complexity index is 858. The van der Waals surface area contributed by atoms with Crippen LogP contribution in [-0.2, 0) is 0 Å². The Balaban J connectivity index is 1.98. The van der Waals surface area contributed by atoms with Crippen LogP contribution in [0.25, 0.3) is 22.0 Å². The van der Waals surface area contributed by atoms with E-state index < -0.39 is 0 Å². The van der Waals surface area contributed by atoms with Crippen LogP contribution in [-0.4, -0.2) is 17.1 Å². The van der Waals surface area contributed by atoms with Crippen LogP contribution in [0.1, 0.15) is 45.2 Å². The maximum absolute atomic E-state index is 5.44. The topological polar surface area (TPSA) is 35.0 Å². The fraction of sp³-hybridized carbons (Fsp3) is 0.364. The molecule has 25 heavy (non-hydrogen) atoms. The van der Waals surface area contributed by atoms with E-state index in [-0.39, 0.29) is 0 Å². The molecule has 0 N–H and O–H groups in total. The Morgan fingerprint density at radius 1 is 1.08 bits per heavy atom. The Kier molecular flexibility index (Phi) is 5.32. The predicted molar refractivity (Wildman–Crippen MR) is 104 cm³/mol. The van der Waals surface area contributed by atoms with Gasteiger partial charge in [-0.1, -0.05) is 32.9 Å². The minimum absolute atomic E-state index is 0.532. The zero-order chi connectivity index (χ0) is 17.8. The zero-order valence-corrected chi connectivity index (χ0v) is 15.5. The molecule has 0 radical (unpaired) electrons. The molecular formula is C22H26N2O. The number of ether oxygens (including phenoxy) is 1. The van der Waals surface area contributed by atoms with E-state index in [0.717, 1.165) is 34.2 Å². The summed E-state index contributed by atoms with van der Waals surface area (Å²) >= 11 is 0. The molecule has 1 atom stereocenters. The van der Waals surface area contributed by atoms with Crippen molar-refractivity contribution >= 4 is 10.9 Å². The van der Waals surface area contributed by atoms with Crippen molar-refractivity contribution in [2.45, 2.75) is 39.5 Å². The second-order valence-corrected chi connectivity index (χ2v) is 6.95. The monoisotopic (exact) mass is 334 g/mol. The van der Waals surface area contributed by atoms with Crippen LogP contribution >= 0.6 is 0 Å². The van der Waals surface area contributed by atoms with Crippen molar-refractivity contribution < 1.29 is 4.74 Å². The number of fused-ring (bicyclic) bond motifs is 1. The van der Waals surface area contributed by atoms with Crippen molar-refractivity contribution in [2.75, 3.05) is 7.11 Å². The highest BCUT2D eigenvalue weighted by molar-refractivity contribution is 5.85. The highest BCUT2D eigenvalue weighted by Crippen LogP contribution is 2.32. The van der Waals surface area contributed by atoms with Gasteiger partial charge in [-0.3, -0.25) is 9.97 Å². The molecule has 3 aromatic rings. The van der Waals surface area contributed by atoms with Crippen LogP contribution in [0.15, 0.2) is 48.8 Å². The molecule has 3 rings (SSSR count). The van der Waals surface area contributed by atoms with Gasteiger partial charge < -0.3 is 4.74 Å². The van der Waals surface area contributed by atoms with Crippen molar-refractivity contribution in [3.63, 3.8) is 0 Å². The lowest BCUT2D eigenvalue weighted by molar-refractivity contribution is 0.414. The van der Waals surface area contributed by atoms with Crippen LogP contribution in [0, 0.1) is 5.92 Å². The smallest absolute Gasteiger partial charge is 0.144 e. The van der Waals surface area contributed by atoms with E-state index in [1.54, 1.807) is 19.5 Å². The summed E-state index contributed by atoms with van der Waals surface area (Å²) in [7, 11) is 1.68. The average molecular weight is 334 g/mol. The normalized spacial score (nSPS) is 12.5. The highest BCUT2D eigenvalue weighted by atomic mass is 16.5. The van der Waals surface area contributed by atoms with Crippen LogP contribution in [0.3, 0.4) is 0 Å². The van der Waals surface area contributed by atoms with Crippen LogP contribution < -0.4 is 4.74 Å². The molecule has 0 aliphatic heterocycles. The van der Waals surface area contributed by atoms with Crippen molar-refractivity contribution in [3.8, 4) is 16.9 Å². The lowest BCUT2D eigenvalue weighted by Crippen LogP contribution is -2.04. The number of nitrogens with zero attached hydrogens (tertiary/aromatic N) is 2. The number of benzene rings is 1. The van der Waals surface area contributed by atoms with Gasteiger partial charge in [-0.15, -0.1) is 0 Å². The van der Waals surface area contributed by atoms with E-state index >= 15 is 0 Å². The molecule has 2 heterocycles. The highest BCUT2D eigenvalue weighted by Gasteiger charge is 2.14. The quantitative estimate of drug-likeness (QED) is 0.567. The molecule has 0 spiro atoms. The maximum Gasteiger partial charge on any atom is 0.144 e. The summed E-state index contributed by atoms with van der Waals surface area (Å²) in [5.41, 5.74) is 4.43. The number of hydrogen-bond donors (Lipinski definition) is 0. The zero-order valence-electron chi connectivity index (χ0n) is 15.5. The van der Waals surface area contributed by atoms with Crippen molar-refractivity contribution in [3.05, 3.63) is 54.5 Å². The fourth-order valence-corrected chi connectivity index (χ4v) is 3.38. The molecular weight excluding hydrogens is 308 g/mol. The summed E-state index contributed by atoms with van der Waals surface area (Å²) < 4.78 is 5.44. The molecule has 130 valence electrons. The number of hydrogen-bond acceptors (Lipinski definition) is 3. The maximum atomic E-state index is 5.44. The van der Waals surface area contributed by atoms with Gasteiger partial charge in [-0.25, -0.2) is 0 Å². The summed E-state index contributed by atoms with van der Waals surface area (Å²) in [6.07, 6.45) is 5.85. The van der Waals surface area contributed by atoms with Gasteiger partial charge in [0, 0.05) is 28.8 Å². The largest absolute Gasteiger partial charge is 0.494 e. The second-order valence-electron chi connectivity index (χ2n) is 6.95. The van der Waals surface area contributed by atoms with Gasteiger partial charge in [-0.2, -0.15) is 0 Å². The Hall–Kier alpha value is -2.42. The van der Waals surface area contributed by atoms with Crippen LogP contribution in [0.2, 0.25) is 0 Å². The molecule has 2 aromatic heterocycles. The molecule has 0 amide bonds. The number of methoxy groups -OCH3 is 1. The van der Waals surface area contributed by atoms with Gasteiger partial charge in [0.15, 0.2) is 0 Å². The molecule has 0 saturated heterocycles. The van der Waals surface area contributed by atoms with Crippen LogP contribution in [0.5, 0.6) is 5.75 Å². The van der Waals surface area contributed by atoms with Crippen molar-refractivity contribution in [2.24, 2.45) is 5.92 Å². The first-order chi connectivity index (χ1) is 12.1. The molecule has 1 aromatic carbocycles. The minimum Gasteiger partial charge on any atom is -0.494 e. The lowest BCUT2D eigenvalue weighted by atomic mass is 9.91. The Labute approximate surface area is 150 Å². The second kappa shape index (κ2) is 7.64. The molecule has 3 heteroatoms. The van der Waals surface area contributed by atoms with Gasteiger partial charge in [0.25, 0.3) is 0 Å². The first-order valence-electron chi connectivity index (χ1n) is 9.01. The third-order valence-electron chi connectivity index (χ3n) is 4.69. The summed E-state index contributed by atoms with van der Waals surface area (Å²) in [5.74, 6) is 2.00. The minimum atomic E-state index is 0.532. The molecule has 1 unspecified atom stereocenters. The van der Waals surface area contributed by atoms with Gasteiger partial charge in [-0.05, 0) is 48.6 Å². The van der Waals surface area contributed by atoms with Gasteiger partial charge in [0.1, 0.15) is 5.75 Å². The molecule has 0 fully saturated rings. The predicted octanol–water partition coefficient (Wildman–Crippen LogP) is 5.85. The van der Waals surface area contributed by atoms with Crippen LogP contribution in [0.4, 0.5) is 0 Å². The number of rotatable bonds is 6. The van der Waals surface area contributed by atoms with E-state index in [2.05, 4.69) is 56.1 Å². The van der Waals surface area contributed by atoms with Gasteiger partial charge in [0.05, 0.1) is 18.8 Å². The lowest BCUT2D eigenvalue weighted by Gasteiger charge is -2.17. The Morgan fingerprint density at radius 2 is 1.92 bits per heavy atom. The molecule has 0 aliphatic rings. The summed E-state index contributed by atoms with van der Waals surface area (Å²) in [5, 5.41) is 1.15. The average Bonchev–Trinajstić information content (AvgIpc) is 2.65. The van der Waals surface area contributed by atoms with Gasteiger partial charge >= 0.3 is 0 Å².